The topological polar surface area (TPSA) is 80.9 Å². The lowest BCUT2D eigenvalue weighted by Crippen LogP contribution is -2.25. The van der Waals surface area contributed by atoms with Crippen LogP contribution in [0.15, 0.2) is 64.0 Å². The molecule has 186 valence electrons. The summed E-state index contributed by atoms with van der Waals surface area (Å²) in [5, 5.41) is 11.2. The Morgan fingerprint density at radius 2 is 1.78 bits per heavy atom. The number of esters is 1. The number of carbonyl (C=O) groups excluding carboxylic acids is 2. The summed E-state index contributed by atoms with van der Waals surface area (Å²) < 4.78 is 7.26. The fourth-order valence-corrected chi connectivity index (χ4v) is 5.22. The smallest absolute Gasteiger partial charge is 0.340 e. The molecule has 2 aromatic rings. The van der Waals surface area contributed by atoms with Gasteiger partial charge < -0.3 is 14.4 Å². The van der Waals surface area contributed by atoms with Crippen molar-refractivity contribution in [3.63, 3.8) is 0 Å². The SMILES string of the molecule is C=Cc1ccc(Cn2c(C)c(CC)c(C)c2C2=C(O)/C(=C3/N=C(C)C(C(=O)OCC)=C3C)C2=O)cc1. The Bertz CT molecular complexity index is 1430. The normalized spacial score (nSPS) is 17.5. The number of ketones is 1. The average Bonchev–Trinajstić information content (AvgIpc) is 3.26. The van der Waals surface area contributed by atoms with E-state index < -0.39 is 5.97 Å². The summed E-state index contributed by atoms with van der Waals surface area (Å²) >= 11 is 0. The molecule has 0 unspecified atom stereocenters. The number of hydrogen-bond donors (Lipinski definition) is 1. The number of carbonyl (C=O) groups is 2. The highest BCUT2D eigenvalue weighted by Gasteiger charge is 2.42. The number of aliphatic hydroxyl groups excluding tert-OH is 1. The van der Waals surface area contributed by atoms with Gasteiger partial charge in [-0.2, -0.15) is 0 Å². The molecule has 2 heterocycles. The fraction of sp³-hybridized carbons (Fsp3) is 0.300. The number of ether oxygens (including phenoxy) is 1. The maximum absolute atomic E-state index is 13.6. The highest BCUT2D eigenvalue weighted by Crippen LogP contribution is 2.44. The van der Waals surface area contributed by atoms with Crippen LogP contribution in [0, 0.1) is 13.8 Å². The van der Waals surface area contributed by atoms with Crippen molar-refractivity contribution in [2.75, 3.05) is 6.61 Å². The Hall–Kier alpha value is -3.93. The van der Waals surface area contributed by atoms with Crippen molar-refractivity contribution in [2.45, 2.75) is 54.5 Å². The summed E-state index contributed by atoms with van der Waals surface area (Å²) in [6.07, 6.45) is 2.62. The number of rotatable bonds is 7. The average molecular weight is 485 g/mol. The minimum Gasteiger partial charge on any atom is -0.506 e. The molecule has 1 N–H and O–H groups in total. The summed E-state index contributed by atoms with van der Waals surface area (Å²) in [4.78, 5) is 30.4. The summed E-state index contributed by atoms with van der Waals surface area (Å²) in [7, 11) is 0. The first-order valence-corrected chi connectivity index (χ1v) is 12.2. The fourth-order valence-electron chi connectivity index (χ4n) is 5.22. The molecule has 1 aliphatic heterocycles. The molecule has 1 aromatic carbocycles. The first kappa shape index (κ1) is 25.2. The van der Waals surface area contributed by atoms with Crippen LogP contribution in [-0.4, -0.2) is 33.7 Å². The maximum atomic E-state index is 13.6. The second-order valence-electron chi connectivity index (χ2n) is 9.12. The molecule has 0 spiro atoms. The van der Waals surface area contributed by atoms with Gasteiger partial charge in [0, 0.05) is 12.2 Å². The van der Waals surface area contributed by atoms with Gasteiger partial charge in [-0.15, -0.1) is 0 Å². The van der Waals surface area contributed by atoms with E-state index in [0.717, 1.165) is 40.1 Å². The van der Waals surface area contributed by atoms with Gasteiger partial charge in [0.1, 0.15) is 5.76 Å². The minimum atomic E-state index is -0.474. The molecular formula is C30H32N2O4. The number of aliphatic imine (C=N–C) groups is 1. The number of benzene rings is 1. The molecule has 6 nitrogen and oxygen atoms in total. The second-order valence-corrected chi connectivity index (χ2v) is 9.12. The molecule has 0 fully saturated rings. The number of nitrogens with zero attached hydrogens (tertiary/aromatic N) is 2. The van der Waals surface area contributed by atoms with Crippen LogP contribution < -0.4 is 0 Å². The predicted octanol–water partition coefficient (Wildman–Crippen LogP) is 5.82. The van der Waals surface area contributed by atoms with Gasteiger partial charge in [0.15, 0.2) is 0 Å². The predicted molar refractivity (Wildman–Crippen MR) is 143 cm³/mol. The largest absolute Gasteiger partial charge is 0.506 e. The van der Waals surface area contributed by atoms with E-state index in [-0.39, 0.29) is 23.7 Å². The zero-order valence-electron chi connectivity index (χ0n) is 21.8. The molecule has 0 bridgehead atoms. The Labute approximate surface area is 212 Å². The van der Waals surface area contributed by atoms with Crippen LogP contribution in [0.2, 0.25) is 0 Å². The van der Waals surface area contributed by atoms with E-state index in [1.54, 1.807) is 26.8 Å². The molecule has 0 atom stereocenters. The first-order chi connectivity index (χ1) is 17.2. The van der Waals surface area contributed by atoms with Gasteiger partial charge in [-0.05, 0) is 68.9 Å². The van der Waals surface area contributed by atoms with Crippen molar-refractivity contribution in [2.24, 2.45) is 4.99 Å². The third kappa shape index (κ3) is 3.87. The quantitative estimate of drug-likeness (QED) is 0.397. The first-order valence-electron chi connectivity index (χ1n) is 12.2. The second kappa shape index (κ2) is 9.61. The molecule has 36 heavy (non-hydrogen) atoms. The molecule has 0 amide bonds. The van der Waals surface area contributed by atoms with Crippen LogP contribution in [0.4, 0.5) is 0 Å². The van der Waals surface area contributed by atoms with Crippen molar-refractivity contribution in [1.29, 1.82) is 0 Å². The third-order valence-electron chi connectivity index (χ3n) is 7.08. The molecule has 0 saturated heterocycles. The number of hydrogen-bond acceptors (Lipinski definition) is 5. The van der Waals surface area contributed by atoms with Crippen molar-refractivity contribution < 1.29 is 19.4 Å². The number of Topliss-reactive ketones (excluding diaryl/α,β-unsaturated/α-hetero) is 1. The van der Waals surface area contributed by atoms with E-state index in [9.17, 15) is 14.7 Å². The van der Waals surface area contributed by atoms with Gasteiger partial charge >= 0.3 is 5.97 Å². The van der Waals surface area contributed by atoms with Gasteiger partial charge in [-0.25, -0.2) is 4.79 Å². The van der Waals surface area contributed by atoms with Crippen molar-refractivity contribution >= 4 is 29.1 Å². The van der Waals surface area contributed by atoms with Gasteiger partial charge in [-0.1, -0.05) is 43.8 Å². The zero-order chi connectivity index (χ0) is 26.3. The molecule has 4 rings (SSSR count). The maximum Gasteiger partial charge on any atom is 0.340 e. The number of aliphatic hydroxyl groups is 1. The monoisotopic (exact) mass is 484 g/mol. The Morgan fingerprint density at radius 1 is 1.11 bits per heavy atom. The molecule has 1 aliphatic carbocycles. The van der Waals surface area contributed by atoms with Crippen LogP contribution in [0.1, 0.15) is 61.3 Å². The molecule has 6 heteroatoms. The number of aromatic nitrogens is 1. The standard InChI is InChI=1S/C30H32N2O4/c1-8-20-11-13-21(14-12-20)15-32-19(7)22(9-2)16(4)27(32)25-28(33)24(29(25)34)26-17(5)23(18(6)31-26)30(35)36-10-3/h8,11-14,33H,1,9-10,15H2,2-7H3/b26-24-. The van der Waals surface area contributed by atoms with Gasteiger partial charge in [0.05, 0.1) is 40.4 Å². The van der Waals surface area contributed by atoms with Crippen LogP contribution in [0.3, 0.4) is 0 Å². The lowest BCUT2D eigenvalue weighted by molar-refractivity contribution is -0.137. The van der Waals surface area contributed by atoms with Crippen LogP contribution in [0.5, 0.6) is 0 Å². The molecule has 2 aliphatic rings. The summed E-state index contributed by atoms with van der Waals surface area (Å²) in [5.74, 6) is -0.824. The van der Waals surface area contributed by atoms with Crippen molar-refractivity contribution in [1.82, 2.24) is 4.57 Å². The molecular weight excluding hydrogens is 452 g/mol. The Kier molecular flexibility index (Phi) is 6.72. The van der Waals surface area contributed by atoms with Crippen LogP contribution in [0.25, 0.3) is 11.6 Å². The number of allylic oxidation sites excluding steroid dienone is 3. The van der Waals surface area contributed by atoms with Gasteiger partial charge in [0.25, 0.3) is 0 Å². The molecule has 0 radical (unpaired) electrons. The Morgan fingerprint density at radius 3 is 2.33 bits per heavy atom. The van der Waals surface area contributed by atoms with E-state index >= 15 is 0 Å². The van der Waals surface area contributed by atoms with E-state index in [1.807, 2.05) is 31.2 Å². The lowest BCUT2D eigenvalue weighted by atomic mass is 9.82. The van der Waals surface area contributed by atoms with E-state index in [4.69, 9.17) is 4.74 Å². The Balaban J connectivity index is 1.84. The minimum absolute atomic E-state index is 0.0810. The van der Waals surface area contributed by atoms with Crippen molar-refractivity contribution in [3.8, 4) is 0 Å². The third-order valence-corrected chi connectivity index (χ3v) is 7.08. The molecule has 1 aromatic heterocycles. The van der Waals surface area contributed by atoms with E-state index in [0.29, 0.717) is 34.7 Å². The highest BCUT2D eigenvalue weighted by atomic mass is 16.5. The summed E-state index contributed by atoms with van der Waals surface area (Å²) in [6, 6.07) is 8.12. The van der Waals surface area contributed by atoms with Crippen molar-refractivity contribution in [3.05, 3.63) is 92.7 Å². The molecule has 0 saturated carbocycles. The van der Waals surface area contributed by atoms with Crippen LogP contribution >= 0.6 is 0 Å². The zero-order valence-corrected chi connectivity index (χ0v) is 21.8. The lowest BCUT2D eigenvalue weighted by Gasteiger charge is -2.25. The summed E-state index contributed by atoms with van der Waals surface area (Å²) in [6.45, 7) is 15.9. The van der Waals surface area contributed by atoms with E-state index in [1.165, 1.54) is 0 Å². The highest BCUT2D eigenvalue weighted by molar-refractivity contribution is 6.39. The van der Waals surface area contributed by atoms with E-state index in [2.05, 4.69) is 30.0 Å². The summed E-state index contributed by atoms with van der Waals surface area (Å²) in [5.41, 5.74) is 8.24. The van der Waals surface area contributed by atoms with Gasteiger partial charge in [0.2, 0.25) is 5.78 Å². The van der Waals surface area contributed by atoms with Gasteiger partial charge in [-0.3, -0.25) is 9.79 Å². The van der Waals surface area contributed by atoms with Crippen LogP contribution in [-0.2, 0) is 27.3 Å².